The lowest BCUT2D eigenvalue weighted by atomic mass is 10.00. The first-order valence-electron chi connectivity index (χ1n) is 12.1. The minimum absolute atomic E-state index is 0.0400. The zero-order valence-corrected chi connectivity index (χ0v) is 19.6. The smallest absolute Gasteiger partial charge is 0.254 e. The molecule has 3 fully saturated rings. The van der Waals surface area contributed by atoms with E-state index in [2.05, 4.69) is 9.80 Å². The summed E-state index contributed by atoms with van der Waals surface area (Å²) in [6.45, 7) is 8.61. The molecule has 3 aliphatic rings. The van der Waals surface area contributed by atoms with E-state index in [4.69, 9.17) is 9.47 Å². The summed E-state index contributed by atoms with van der Waals surface area (Å²) in [6, 6.07) is 5.74. The second-order valence-electron chi connectivity index (χ2n) is 9.29. The third-order valence-electron chi connectivity index (χ3n) is 7.05. The Bertz CT molecular complexity index is 804. The molecule has 1 unspecified atom stereocenters. The largest absolute Gasteiger partial charge is 0.496 e. The first kappa shape index (κ1) is 23.1. The van der Waals surface area contributed by atoms with Crippen LogP contribution in [0, 0.1) is 12.8 Å². The Morgan fingerprint density at radius 1 is 1.16 bits per heavy atom. The fraction of sp³-hybridized carbons (Fsp3) is 0.680. The molecule has 1 atom stereocenters. The third-order valence-corrected chi connectivity index (χ3v) is 7.05. The summed E-state index contributed by atoms with van der Waals surface area (Å²) < 4.78 is 10.8. The van der Waals surface area contributed by atoms with Crippen LogP contribution >= 0.6 is 0 Å². The van der Waals surface area contributed by atoms with Crippen molar-refractivity contribution in [2.24, 2.45) is 5.92 Å². The van der Waals surface area contributed by atoms with Crippen molar-refractivity contribution in [1.82, 2.24) is 14.7 Å². The number of benzene rings is 1. The van der Waals surface area contributed by atoms with Crippen LogP contribution in [-0.4, -0.2) is 92.1 Å². The van der Waals surface area contributed by atoms with Gasteiger partial charge in [0.25, 0.3) is 5.91 Å². The van der Waals surface area contributed by atoms with Crippen molar-refractivity contribution in [3.05, 3.63) is 29.3 Å². The fourth-order valence-electron chi connectivity index (χ4n) is 4.96. The Balaban J connectivity index is 1.41. The summed E-state index contributed by atoms with van der Waals surface area (Å²) >= 11 is 0. The molecular weight excluding hydrogens is 406 g/mol. The number of likely N-dealkylation sites (tertiary alicyclic amines) is 1. The molecule has 0 N–H and O–H groups in total. The van der Waals surface area contributed by atoms with Crippen molar-refractivity contribution in [3.8, 4) is 5.75 Å². The first-order chi connectivity index (χ1) is 15.6. The molecule has 4 rings (SSSR count). The van der Waals surface area contributed by atoms with Crippen molar-refractivity contribution >= 4 is 11.8 Å². The Labute approximate surface area is 191 Å². The molecule has 7 heteroatoms. The number of methoxy groups -OCH3 is 1. The molecule has 2 aliphatic heterocycles. The number of hydrogen-bond donors (Lipinski definition) is 0. The highest BCUT2D eigenvalue weighted by Crippen LogP contribution is 2.33. The maximum absolute atomic E-state index is 13.3. The normalized spacial score (nSPS) is 21.9. The van der Waals surface area contributed by atoms with E-state index in [0.29, 0.717) is 18.0 Å². The topological polar surface area (TPSA) is 62.3 Å². The molecule has 0 radical (unpaired) electrons. The van der Waals surface area contributed by atoms with Gasteiger partial charge < -0.3 is 19.3 Å². The third kappa shape index (κ3) is 5.44. The van der Waals surface area contributed by atoms with Crippen molar-refractivity contribution in [3.63, 3.8) is 0 Å². The van der Waals surface area contributed by atoms with Crippen LogP contribution in [0.5, 0.6) is 5.75 Å². The molecule has 2 amide bonds. The SMILES string of the molecule is COc1cccc(C(=O)N2CCCC(N(CCCN3CCOCC3)C(=O)C3CC3)C2)c1C. The van der Waals surface area contributed by atoms with Gasteiger partial charge in [-0.25, -0.2) is 0 Å². The lowest BCUT2D eigenvalue weighted by Crippen LogP contribution is -2.52. The van der Waals surface area contributed by atoms with Gasteiger partial charge in [0.2, 0.25) is 5.91 Å². The summed E-state index contributed by atoms with van der Waals surface area (Å²) in [5.41, 5.74) is 1.57. The van der Waals surface area contributed by atoms with Crippen LogP contribution in [0.4, 0.5) is 0 Å². The monoisotopic (exact) mass is 443 g/mol. The molecule has 1 aromatic rings. The maximum atomic E-state index is 13.3. The Kier molecular flexibility index (Phi) is 7.68. The number of morpholine rings is 1. The quantitative estimate of drug-likeness (QED) is 0.618. The molecule has 1 aromatic carbocycles. The van der Waals surface area contributed by atoms with E-state index in [-0.39, 0.29) is 17.9 Å². The van der Waals surface area contributed by atoms with Gasteiger partial charge in [0.1, 0.15) is 5.75 Å². The summed E-state index contributed by atoms with van der Waals surface area (Å²) in [5.74, 6) is 1.27. The van der Waals surface area contributed by atoms with Gasteiger partial charge in [-0.1, -0.05) is 6.07 Å². The summed E-state index contributed by atoms with van der Waals surface area (Å²) in [7, 11) is 1.63. The number of carbonyl (C=O) groups is 2. The Morgan fingerprint density at radius 2 is 1.94 bits per heavy atom. The van der Waals surface area contributed by atoms with Gasteiger partial charge in [0.15, 0.2) is 0 Å². The summed E-state index contributed by atoms with van der Waals surface area (Å²) in [6.07, 6.45) is 4.89. The molecule has 1 saturated carbocycles. The Morgan fingerprint density at radius 3 is 2.66 bits per heavy atom. The zero-order chi connectivity index (χ0) is 22.5. The second-order valence-corrected chi connectivity index (χ2v) is 9.29. The van der Waals surface area contributed by atoms with Crippen molar-refractivity contribution < 1.29 is 19.1 Å². The molecule has 1 aliphatic carbocycles. The lowest BCUT2D eigenvalue weighted by molar-refractivity contribution is -0.136. The summed E-state index contributed by atoms with van der Waals surface area (Å²) in [5, 5.41) is 0. The maximum Gasteiger partial charge on any atom is 0.254 e. The first-order valence-corrected chi connectivity index (χ1v) is 12.1. The van der Waals surface area contributed by atoms with Crippen LogP contribution in [0.15, 0.2) is 18.2 Å². The van der Waals surface area contributed by atoms with Crippen LogP contribution < -0.4 is 4.74 Å². The summed E-state index contributed by atoms with van der Waals surface area (Å²) in [4.78, 5) is 33.0. The number of rotatable bonds is 8. The van der Waals surface area contributed by atoms with Crippen LogP contribution in [0.25, 0.3) is 0 Å². The highest BCUT2D eigenvalue weighted by molar-refractivity contribution is 5.96. The number of amides is 2. The van der Waals surface area contributed by atoms with E-state index in [0.717, 1.165) is 89.4 Å². The number of nitrogens with zero attached hydrogens (tertiary/aromatic N) is 3. The molecule has 0 bridgehead atoms. The van der Waals surface area contributed by atoms with Crippen LogP contribution in [0.2, 0.25) is 0 Å². The number of ether oxygens (including phenoxy) is 2. The lowest BCUT2D eigenvalue weighted by Gasteiger charge is -2.40. The van der Waals surface area contributed by atoms with Crippen molar-refractivity contribution in [2.75, 3.05) is 59.6 Å². The minimum Gasteiger partial charge on any atom is -0.496 e. The van der Waals surface area contributed by atoms with Crippen molar-refractivity contribution in [1.29, 1.82) is 0 Å². The molecular formula is C25H37N3O4. The number of piperidine rings is 1. The second kappa shape index (κ2) is 10.7. The van der Waals surface area contributed by atoms with Crippen LogP contribution in [-0.2, 0) is 9.53 Å². The standard InChI is InChI=1S/C25H37N3O4/c1-19-22(7-3-8-23(19)31-2)25(30)27-12-4-6-21(18-27)28(24(29)20-9-10-20)13-5-11-26-14-16-32-17-15-26/h3,7-8,20-21H,4-6,9-18H2,1-2H3. The van der Waals surface area contributed by atoms with Crippen molar-refractivity contribution in [2.45, 2.75) is 45.1 Å². The van der Waals surface area contributed by atoms with Gasteiger partial charge in [-0.3, -0.25) is 14.5 Å². The van der Waals surface area contributed by atoms with Crippen LogP contribution in [0.3, 0.4) is 0 Å². The predicted octanol–water partition coefficient (Wildman–Crippen LogP) is 2.57. The zero-order valence-electron chi connectivity index (χ0n) is 19.6. The number of hydrogen-bond acceptors (Lipinski definition) is 5. The van der Waals surface area contributed by atoms with Gasteiger partial charge in [0.05, 0.1) is 20.3 Å². The molecule has 0 spiro atoms. The predicted molar refractivity (Wildman–Crippen MR) is 123 cm³/mol. The van der Waals surface area contributed by atoms with Gasteiger partial charge >= 0.3 is 0 Å². The van der Waals surface area contributed by atoms with E-state index in [1.165, 1.54) is 0 Å². The molecule has 2 heterocycles. The minimum atomic E-state index is 0.0400. The highest BCUT2D eigenvalue weighted by atomic mass is 16.5. The van der Waals surface area contributed by atoms with Gasteiger partial charge in [0, 0.05) is 62.4 Å². The number of carbonyl (C=O) groups excluding carboxylic acids is 2. The van der Waals surface area contributed by atoms with E-state index >= 15 is 0 Å². The average Bonchev–Trinajstić information content (AvgIpc) is 3.68. The van der Waals surface area contributed by atoms with Gasteiger partial charge in [-0.2, -0.15) is 0 Å². The van der Waals surface area contributed by atoms with Crippen LogP contribution in [0.1, 0.15) is 48.0 Å². The molecule has 7 nitrogen and oxygen atoms in total. The highest BCUT2D eigenvalue weighted by Gasteiger charge is 2.38. The average molecular weight is 444 g/mol. The van der Waals surface area contributed by atoms with E-state index in [1.54, 1.807) is 7.11 Å². The van der Waals surface area contributed by atoms with E-state index < -0.39 is 0 Å². The molecule has 0 aromatic heterocycles. The fourth-order valence-corrected chi connectivity index (χ4v) is 4.96. The van der Waals surface area contributed by atoms with E-state index in [9.17, 15) is 9.59 Å². The molecule has 32 heavy (non-hydrogen) atoms. The Hall–Kier alpha value is -2.12. The molecule has 2 saturated heterocycles. The van der Waals surface area contributed by atoms with Gasteiger partial charge in [-0.15, -0.1) is 0 Å². The van der Waals surface area contributed by atoms with Gasteiger partial charge in [-0.05, 0) is 51.2 Å². The molecule has 176 valence electrons. The van der Waals surface area contributed by atoms with E-state index in [1.807, 2.05) is 30.0 Å².